The lowest BCUT2D eigenvalue weighted by molar-refractivity contribution is -0.133. The lowest BCUT2D eigenvalue weighted by Crippen LogP contribution is -2.53. The average molecular weight is 384 g/mol. The zero-order chi connectivity index (χ0) is 17.3. The number of sulfonamides is 1. The number of fused-ring (bicyclic) bond motifs is 1. The van der Waals surface area contributed by atoms with Gasteiger partial charge in [-0.05, 0) is 29.8 Å². The van der Waals surface area contributed by atoms with Crippen LogP contribution in [0.2, 0.25) is 0 Å². The minimum atomic E-state index is -3.56. The standard InChI is InChI=1S/C17H21N3O3S.ClH/c1-13(18)17(21)19-8-10-20(11-9-19)24(22,23)16-7-6-14-4-2-3-5-15(14)12-16;/h2-7,12-13H,8-11,18H2,1H3;1H/t13-;/m1./s1. The smallest absolute Gasteiger partial charge is 0.243 e. The maximum atomic E-state index is 12.8. The second kappa shape index (κ2) is 7.70. The molecule has 1 aliphatic heterocycles. The van der Waals surface area contributed by atoms with E-state index in [1.54, 1.807) is 24.0 Å². The van der Waals surface area contributed by atoms with Crippen molar-refractivity contribution >= 4 is 39.1 Å². The summed E-state index contributed by atoms with van der Waals surface area (Å²) in [5.41, 5.74) is 5.61. The van der Waals surface area contributed by atoms with Gasteiger partial charge in [0, 0.05) is 26.2 Å². The number of benzene rings is 2. The maximum Gasteiger partial charge on any atom is 0.243 e. The number of nitrogens with two attached hydrogens (primary N) is 1. The first-order valence-electron chi connectivity index (χ1n) is 7.93. The predicted octanol–water partition coefficient (Wildman–Crippen LogP) is 1.44. The molecule has 1 aliphatic rings. The van der Waals surface area contributed by atoms with Crippen molar-refractivity contribution in [2.75, 3.05) is 26.2 Å². The third kappa shape index (κ3) is 3.95. The normalized spacial score (nSPS) is 17.1. The number of piperazine rings is 1. The number of carbonyl (C=O) groups is 1. The van der Waals surface area contributed by atoms with Gasteiger partial charge in [-0.25, -0.2) is 8.42 Å². The van der Waals surface area contributed by atoms with Gasteiger partial charge in [0.1, 0.15) is 0 Å². The summed E-state index contributed by atoms with van der Waals surface area (Å²) in [6.45, 7) is 2.95. The lowest BCUT2D eigenvalue weighted by atomic mass is 10.1. The van der Waals surface area contributed by atoms with E-state index in [2.05, 4.69) is 0 Å². The van der Waals surface area contributed by atoms with Crippen molar-refractivity contribution in [3.63, 3.8) is 0 Å². The molecule has 1 fully saturated rings. The van der Waals surface area contributed by atoms with Gasteiger partial charge >= 0.3 is 0 Å². The van der Waals surface area contributed by atoms with Crippen LogP contribution in [0.3, 0.4) is 0 Å². The predicted molar refractivity (Wildman–Crippen MR) is 100 cm³/mol. The highest BCUT2D eigenvalue weighted by Crippen LogP contribution is 2.22. The Morgan fingerprint density at radius 3 is 2.24 bits per heavy atom. The third-order valence-corrected chi connectivity index (χ3v) is 6.19. The van der Waals surface area contributed by atoms with Crippen molar-refractivity contribution in [3.05, 3.63) is 42.5 Å². The van der Waals surface area contributed by atoms with Crippen molar-refractivity contribution in [1.82, 2.24) is 9.21 Å². The molecule has 6 nitrogen and oxygen atoms in total. The summed E-state index contributed by atoms with van der Waals surface area (Å²) < 4.78 is 27.1. The first-order chi connectivity index (χ1) is 11.4. The number of carbonyl (C=O) groups excluding carboxylic acids is 1. The van der Waals surface area contributed by atoms with Crippen LogP contribution >= 0.6 is 12.4 Å². The fourth-order valence-corrected chi connectivity index (χ4v) is 4.37. The lowest BCUT2D eigenvalue weighted by Gasteiger charge is -2.34. The van der Waals surface area contributed by atoms with E-state index in [0.29, 0.717) is 13.1 Å². The Bertz CT molecular complexity index is 862. The molecule has 0 saturated carbocycles. The van der Waals surface area contributed by atoms with Crippen molar-refractivity contribution in [2.45, 2.75) is 17.9 Å². The highest BCUT2D eigenvalue weighted by Gasteiger charge is 2.30. The molecule has 2 aromatic rings. The van der Waals surface area contributed by atoms with Crippen LogP contribution in [0.25, 0.3) is 10.8 Å². The van der Waals surface area contributed by atoms with E-state index in [4.69, 9.17) is 5.73 Å². The number of amides is 1. The molecule has 3 rings (SSSR count). The molecule has 0 aromatic heterocycles. The summed E-state index contributed by atoms with van der Waals surface area (Å²) in [5.74, 6) is -0.141. The van der Waals surface area contributed by atoms with Crippen molar-refractivity contribution in [1.29, 1.82) is 0 Å². The largest absolute Gasteiger partial charge is 0.339 e. The van der Waals surface area contributed by atoms with Crippen LogP contribution in [-0.4, -0.2) is 55.8 Å². The van der Waals surface area contributed by atoms with Gasteiger partial charge < -0.3 is 10.6 Å². The molecule has 136 valence electrons. The molecule has 0 bridgehead atoms. The molecule has 1 amide bonds. The summed E-state index contributed by atoms with van der Waals surface area (Å²) in [7, 11) is -3.56. The van der Waals surface area contributed by atoms with Gasteiger partial charge in [-0.15, -0.1) is 12.4 Å². The minimum absolute atomic E-state index is 0. The van der Waals surface area contributed by atoms with Gasteiger partial charge in [-0.3, -0.25) is 4.79 Å². The summed E-state index contributed by atoms with van der Waals surface area (Å²) in [5, 5.41) is 1.90. The molecular weight excluding hydrogens is 362 g/mol. The molecule has 2 aromatic carbocycles. The fourth-order valence-electron chi connectivity index (χ4n) is 2.91. The molecule has 0 spiro atoms. The van der Waals surface area contributed by atoms with Crippen LogP contribution in [0.1, 0.15) is 6.92 Å². The fraction of sp³-hybridized carbons (Fsp3) is 0.353. The summed E-state index contributed by atoms with van der Waals surface area (Å²) in [4.78, 5) is 13.8. The van der Waals surface area contributed by atoms with Crippen LogP contribution < -0.4 is 5.73 Å². The van der Waals surface area contributed by atoms with Gasteiger partial charge in [0.15, 0.2) is 0 Å². The third-order valence-electron chi connectivity index (χ3n) is 4.30. The van der Waals surface area contributed by atoms with Crippen molar-refractivity contribution in [2.24, 2.45) is 5.73 Å². The van der Waals surface area contributed by atoms with Gasteiger partial charge in [0.2, 0.25) is 15.9 Å². The number of hydrogen-bond acceptors (Lipinski definition) is 4. The van der Waals surface area contributed by atoms with Crippen LogP contribution in [0.15, 0.2) is 47.4 Å². The quantitative estimate of drug-likeness (QED) is 0.869. The Kier molecular flexibility index (Phi) is 6.05. The van der Waals surface area contributed by atoms with Gasteiger partial charge in [0.05, 0.1) is 10.9 Å². The Hall–Kier alpha value is -1.67. The van der Waals surface area contributed by atoms with E-state index < -0.39 is 16.1 Å². The number of hydrogen-bond donors (Lipinski definition) is 1. The summed E-state index contributed by atoms with van der Waals surface area (Å²) in [6, 6.07) is 12.2. The molecule has 1 atom stereocenters. The van der Waals surface area contributed by atoms with Crippen molar-refractivity contribution in [3.8, 4) is 0 Å². The number of halogens is 1. The zero-order valence-corrected chi connectivity index (χ0v) is 15.6. The molecule has 1 heterocycles. The monoisotopic (exact) mass is 383 g/mol. The molecule has 2 N–H and O–H groups in total. The van der Waals surface area contributed by atoms with Gasteiger partial charge in [0.25, 0.3) is 0 Å². The number of nitrogens with zero attached hydrogens (tertiary/aromatic N) is 2. The average Bonchev–Trinajstić information content (AvgIpc) is 2.60. The van der Waals surface area contributed by atoms with Gasteiger partial charge in [-0.1, -0.05) is 30.3 Å². The second-order valence-electron chi connectivity index (χ2n) is 6.03. The number of rotatable bonds is 3. The molecule has 8 heteroatoms. The van der Waals surface area contributed by atoms with Crippen LogP contribution in [0.4, 0.5) is 0 Å². The van der Waals surface area contributed by atoms with Crippen LogP contribution in [0.5, 0.6) is 0 Å². The molecule has 0 unspecified atom stereocenters. The maximum absolute atomic E-state index is 12.8. The topological polar surface area (TPSA) is 83.7 Å². The van der Waals surface area contributed by atoms with E-state index in [1.165, 1.54) is 4.31 Å². The summed E-state index contributed by atoms with van der Waals surface area (Å²) in [6.07, 6.45) is 0. The second-order valence-corrected chi connectivity index (χ2v) is 7.96. The van der Waals surface area contributed by atoms with Crippen LogP contribution in [0, 0.1) is 0 Å². The molecule has 1 saturated heterocycles. The Labute approximate surface area is 154 Å². The van der Waals surface area contributed by atoms with Crippen LogP contribution in [-0.2, 0) is 14.8 Å². The van der Waals surface area contributed by atoms with E-state index in [1.807, 2.05) is 30.3 Å². The van der Waals surface area contributed by atoms with E-state index in [9.17, 15) is 13.2 Å². The molecule has 0 radical (unpaired) electrons. The Balaban J connectivity index is 0.00000225. The minimum Gasteiger partial charge on any atom is -0.339 e. The van der Waals surface area contributed by atoms with E-state index in [0.717, 1.165) is 10.8 Å². The molecular formula is C17H22ClN3O3S. The summed E-state index contributed by atoms with van der Waals surface area (Å²) >= 11 is 0. The SMILES string of the molecule is C[C@@H](N)C(=O)N1CCN(S(=O)(=O)c2ccc3ccccc3c2)CC1.Cl. The zero-order valence-electron chi connectivity index (χ0n) is 14.0. The molecule has 0 aliphatic carbocycles. The van der Waals surface area contributed by atoms with E-state index in [-0.39, 0.29) is 36.3 Å². The van der Waals surface area contributed by atoms with Gasteiger partial charge in [-0.2, -0.15) is 4.31 Å². The van der Waals surface area contributed by atoms with E-state index >= 15 is 0 Å². The van der Waals surface area contributed by atoms with Crippen molar-refractivity contribution < 1.29 is 13.2 Å². The highest BCUT2D eigenvalue weighted by atomic mass is 35.5. The highest BCUT2D eigenvalue weighted by molar-refractivity contribution is 7.89. The molecule has 25 heavy (non-hydrogen) atoms. The first-order valence-corrected chi connectivity index (χ1v) is 9.37. The first kappa shape index (κ1) is 19.7. The Morgan fingerprint density at radius 1 is 1.04 bits per heavy atom. The Morgan fingerprint density at radius 2 is 1.64 bits per heavy atom.